The fourth-order valence-electron chi connectivity index (χ4n) is 3.20. The van der Waals surface area contributed by atoms with Crippen LogP contribution < -0.4 is 0 Å². The second-order valence-corrected chi connectivity index (χ2v) is 7.01. The lowest BCUT2D eigenvalue weighted by atomic mass is 9.98. The molecule has 1 unspecified atom stereocenters. The highest BCUT2D eigenvalue weighted by Crippen LogP contribution is 2.25. The van der Waals surface area contributed by atoms with Crippen LogP contribution in [0.5, 0.6) is 0 Å². The molecule has 0 saturated carbocycles. The summed E-state index contributed by atoms with van der Waals surface area (Å²) in [5, 5.41) is 8.75. The van der Waals surface area contributed by atoms with Crippen LogP contribution in [0.2, 0.25) is 0 Å². The van der Waals surface area contributed by atoms with Gasteiger partial charge in [-0.05, 0) is 49.1 Å². The van der Waals surface area contributed by atoms with Gasteiger partial charge in [-0.2, -0.15) is 0 Å². The van der Waals surface area contributed by atoms with Crippen molar-refractivity contribution in [2.75, 3.05) is 20.2 Å². The Bertz CT molecular complexity index is 806. The summed E-state index contributed by atoms with van der Waals surface area (Å²) in [5.74, 6) is 1.77. The van der Waals surface area contributed by atoms with Crippen LogP contribution in [0.4, 0.5) is 0 Å². The second kappa shape index (κ2) is 12.6. The Balaban J connectivity index is 1.86. The van der Waals surface area contributed by atoms with E-state index in [0.717, 1.165) is 37.5 Å². The molecular formula is C25H29NO3. The van der Waals surface area contributed by atoms with E-state index in [1.165, 1.54) is 11.1 Å². The SMILES string of the molecule is C#CCN(C)C(CCCCOCc1ccccc1)c1ccc(/C=C/C(=O)O)cc1. The number of carbonyl (C=O) groups is 1. The fourth-order valence-corrected chi connectivity index (χ4v) is 3.20. The average Bonchev–Trinajstić information content (AvgIpc) is 2.73. The molecule has 2 aromatic rings. The van der Waals surface area contributed by atoms with Crippen LogP contribution in [0.3, 0.4) is 0 Å². The normalized spacial score (nSPS) is 12.2. The van der Waals surface area contributed by atoms with E-state index in [9.17, 15) is 4.79 Å². The first kappa shape index (κ1) is 22.4. The summed E-state index contributed by atoms with van der Waals surface area (Å²) in [6.45, 7) is 1.96. The zero-order valence-electron chi connectivity index (χ0n) is 17.0. The number of carboxylic acids is 1. The van der Waals surface area contributed by atoms with Crippen LogP contribution in [-0.2, 0) is 16.1 Å². The van der Waals surface area contributed by atoms with Crippen molar-refractivity contribution in [1.82, 2.24) is 4.90 Å². The minimum Gasteiger partial charge on any atom is -0.478 e. The standard InChI is InChI=1S/C25H29NO3/c1-3-18-26(2)24(23-15-12-21(13-16-23)14-17-25(27)28)11-7-8-19-29-20-22-9-5-4-6-10-22/h1,4-6,9-10,12-17,24H,7-8,11,18-20H2,2H3,(H,27,28)/b17-14+. The van der Waals surface area contributed by atoms with E-state index in [1.807, 2.05) is 49.5 Å². The van der Waals surface area contributed by atoms with E-state index in [2.05, 4.69) is 23.0 Å². The summed E-state index contributed by atoms with van der Waals surface area (Å²) in [4.78, 5) is 12.8. The molecule has 1 atom stereocenters. The third-order valence-corrected chi connectivity index (χ3v) is 4.74. The van der Waals surface area contributed by atoms with Crippen molar-refractivity contribution in [2.45, 2.75) is 31.9 Å². The first-order valence-corrected chi connectivity index (χ1v) is 9.86. The number of benzene rings is 2. The van der Waals surface area contributed by atoms with E-state index in [4.69, 9.17) is 16.3 Å². The summed E-state index contributed by atoms with van der Waals surface area (Å²) in [5.41, 5.74) is 3.24. The van der Waals surface area contributed by atoms with E-state index >= 15 is 0 Å². The van der Waals surface area contributed by atoms with Gasteiger partial charge in [-0.3, -0.25) is 4.90 Å². The molecule has 4 nitrogen and oxygen atoms in total. The van der Waals surface area contributed by atoms with Gasteiger partial charge in [-0.25, -0.2) is 4.79 Å². The predicted octanol–water partition coefficient (Wildman–Crippen LogP) is 4.78. The Morgan fingerprint density at radius 3 is 2.55 bits per heavy atom. The molecule has 0 fully saturated rings. The lowest BCUT2D eigenvalue weighted by molar-refractivity contribution is -0.131. The summed E-state index contributed by atoms with van der Waals surface area (Å²) >= 11 is 0. The Kier molecular flexibility index (Phi) is 9.71. The van der Waals surface area contributed by atoms with Crippen molar-refractivity contribution in [1.29, 1.82) is 0 Å². The van der Waals surface area contributed by atoms with Gasteiger partial charge < -0.3 is 9.84 Å². The highest BCUT2D eigenvalue weighted by atomic mass is 16.5. The van der Waals surface area contributed by atoms with E-state index in [0.29, 0.717) is 13.2 Å². The summed E-state index contributed by atoms with van der Waals surface area (Å²) in [6, 6.07) is 18.4. The van der Waals surface area contributed by atoms with Crippen LogP contribution >= 0.6 is 0 Å². The van der Waals surface area contributed by atoms with Gasteiger partial charge in [0.05, 0.1) is 13.2 Å². The largest absolute Gasteiger partial charge is 0.478 e. The lowest BCUT2D eigenvalue weighted by Crippen LogP contribution is -2.25. The molecule has 152 valence electrons. The number of rotatable bonds is 12. The monoisotopic (exact) mass is 391 g/mol. The molecule has 0 amide bonds. The number of carboxylic acid groups (broad SMARTS) is 1. The number of terminal acetylenes is 1. The fraction of sp³-hybridized carbons (Fsp3) is 0.320. The van der Waals surface area contributed by atoms with Crippen LogP contribution in [0.1, 0.15) is 42.0 Å². The molecule has 0 radical (unpaired) electrons. The first-order chi connectivity index (χ1) is 14.1. The van der Waals surface area contributed by atoms with Gasteiger partial charge in [0.2, 0.25) is 0 Å². The van der Waals surface area contributed by atoms with Crippen molar-refractivity contribution < 1.29 is 14.6 Å². The van der Waals surface area contributed by atoms with Crippen molar-refractivity contribution in [3.63, 3.8) is 0 Å². The molecular weight excluding hydrogens is 362 g/mol. The summed E-state index contributed by atoms with van der Waals surface area (Å²) in [6.07, 6.45) is 11.3. The zero-order valence-corrected chi connectivity index (χ0v) is 17.0. The third kappa shape index (κ3) is 8.35. The van der Waals surface area contributed by atoms with Gasteiger partial charge in [-0.1, -0.05) is 60.5 Å². The molecule has 0 spiro atoms. The predicted molar refractivity (Wildman–Crippen MR) is 117 cm³/mol. The molecule has 0 saturated heterocycles. The number of hydrogen-bond donors (Lipinski definition) is 1. The molecule has 29 heavy (non-hydrogen) atoms. The average molecular weight is 392 g/mol. The number of aliphatic carboxylic acids is 1. The maximum Gasteiger partial charge on any atom is 0.328 e. The molecule has 1 N–H and O–H groups in total. The van der Waals surface area contributed by atoms with Gasteiger partial charge in [0.15, 0.2) is 0 Å². The molecule has 4 heteroatoms. The molecule has 2 rings (SSSR count). The van der Waals surface area contributed by atoms with E-state index < -0.39 is 5.97 Å². The van der Waals surface area contributed by atoms with Gasteiger partial charge in [-0.15, -0.1) is 6.42 Å². The number of ether oxygens (including phenoxy) is 1. The van der Waals surface area contributed by atoms with Crippen LogP contribution in [-0.4, -0.2) is 36.2 Å². The molecule has 0 aliphatic rings. The first-order valence-electron chi connectivity index (χ1n) is 9.86. The number of nitrogens with zero attached hydrogens (tertiary/aromatic N) is 1. The molecule has 0 aliphatic heterocycles. The maximum atomic E-state index is 10.7. The Morgan fingerprint density at radius 2 is 1.90 bits per heavy atom. The second-order valence-electron chi connectivity index (χ2n) is 7.01. The number of unbranched alkanes of at least 4 members (excludes halogenated alkanes) is 1. The lowest BCUT2D eigenvalue weighted by Gasteiger charge is -2.27. The van der Waals surface area contributed by atoms with Gasteiger partial charge in [0, 0.05) is 18.7 Å². The van der Waals surface area contributed by atoms with Crippen molar-refractivity contribution in [3.8, 4) is 12.3 Å². The molecule has 0 aromatic heterocycles. The molecule has 0 aliphatic carbocycles. The van der Waals surface area contributed by atoms with Crippen LogP contribution in [0, 0.1) is 12.3 Å². The van der Waals surface area contributed by atoms with Gasteiger partial charge in [0.1, 0.15) is 0 Å². The highest BCUT2D eigenvalue weighted by Gasteiger charge is 2.16. The van der Waals surface area contributed by atoms with Gasteiger partial charge >= 0.3 is 5.97 Å². The van der Waals surface area contributed by atoms with Crippen molar-refractivity contribution >= 4 is 12.0 Å². The van der Waals surface area contributed by atoms with E-state index in [-0.39, 0.29) is 6.04 Å². The maximum absolute atomic E-state index is 10.7. The Labute approximate surface area is 173 Å². The summed E-state index contributed by atoms with van der Waals surface area (Å²) < 4.78 is 5.78. The molecule has 0 bridgehead atoms. The quantitative estimate of drug-likeness (QED) is 0.321. The number of hydrogen-bond acceptors (Lipinski definition) is 3. The van der Waals surface area contributed by atoms with Crippen molar-refractivity contribution in [3.05, 3.63) is 77.4 Å². The van der Waals surface area contributed by atoms with Crippen LogP contribution in [0.15, 0.2) is 60.7 Å². The highest BCUT2D eigenvalue weighted by molar-refractivity contribution is 5.85. The Hall–Kier alpha value is -2.87. The topological polar surface area (TPSA) is 49.8 Å². The van der Waals surface area contributed by atoms with Crippen molar-refractivity contribution in [2.24, 2.45) is 0 Å². The van der Waals surface area contributed by atoms with Gasteiger partial charge in [0.25, 0.3) is 0 Å². The van der Waals surface area contributed by atoms with E-state index in [1.54, 1.807) is 6.08 Å². The minimum absolute atomic E-state index is 0.220. The zero-order chi connectivity index (χ0) is 20.9. The minimum atomic E-state index is -0.949. The van der Waals surface area contributed by atoms with Crippen LogP contribution in [0.25, 0.3) is 6.08 Å². The molecule has 0 heterocycles. The smallest absolute Gasteiger partial charge is 0.328 e. The molecule has 2 aromatic carbocycles. The summed E-state index contributed by atoms with van der Waals surface area (Å²) in [7, 11) is 2.04. The Morgan fingerprint density at radius 1 is 1.17 bits per heavy atom. The third-order valence-electron chi connectivity index (χ3n) is 4.74.